The Labute approximate surface area is 117 Å². The largest absolute Gasteiger partial charge is 0.363 e. The molecule has 0 aromatic heterocycles. The molecule has 1 aromatic carbocycles. The third-order valence-corrected chi connectivity index (χ3v) is 4.31. The summed E-state index contributed by atoms with van der Waals surface area (Å²) in [5, 5.41) is 3.70. The first kappa shape index (κ1) is 14.5. The molecule has 0 bridgehead atoms. The minimum Gasteiger partial charge on any atom is -0.363 e. The zero-order valence-corrected chi connectivity index (χ0v) is 12.9. The second-order valence-corrected chi connectivity index (χ2v) is 6.88. The molecule has 0 aliphatic heterocycles. The highest BCUT2D eigenvalue weighted by atomic mass is 16.5. The minimum atomic E-state index is -0.157. The van der Waals surface area contributed by atoms with E-state index in [1.807, 2.05) is 7.11 Å². The van der Waals surface area contributed by atoms with E-state index in [0.29, 0.717) is 0 Å². The van der Waals surface area contributed by atoms with Crippen molar-refractivity contribution in [1.82, 2.24) is 5.32 Å². The van der Waals surface area contributed by atoms with E-state index in [0.717, 1.165) is 19.3 Å². The van der Waals surface area contributed by atoms with E-state index in [2.05, 4.69) is 63.3 Å². The predicted molar refractivity (Wildman–Crippen MR) is 80.1 cm³/mol. The molecule has 1 aromatic rings. The lowest BCUT2D eigenvalue weighted by Gasteiger charge is -2.32. The minimum absolute atomic E-state index is 0.0730. The average molecular weight is 261 g/mol. The van der Waals surface area contributed by atoms with E-state index < -0.39 is 0 Å². The Bertz CT molecular complexity index is 423. The molecule has 2 heteroatoms. The van der Waals surface area contributed by atoms with Crippen LogP contribution in [0.15, 0.2) is 30.3 Å². The van der Waals surface area contributed by atoms with Crippen molar-refractivity contribution in [2.45, 2.75) is 58.2 Å². The van der Waals surface area contributed by atoms with Gasteiger partial charge in [0.05, 0.1) is 0 Å². The van der Waals surface area contributed by atoms with Crippen molar-refractivity contribution in [3.8, 4) is 0 Å². The first-order valence-electron chi connectivity index (χ1n) is 7.25. The summed E-state index contributed by atoms with van der Waals surface area (Å²) in [6.07, 6.45) is 3.32. The molecular formula is C17H27NO. The number of nitrogens with one attached hydrogen (secondary N) is 1. The summed E-state index contributed by atoms with van der Waals surface area (Å²) in [7, 11) is 1.83. The van der Waals surface area contributed by atoms with E-state index in [1.54, 1.807) is 0 Å². The number of methoxy groups -OCH3 is 1. The van der Waals surface area contributed by atoms with Gasteiger partial charge in [-0.1, -0.05) is 37.3 Å². The van der Waals surface area contributed by atoms with Gasteiger partial charge >= 0.3 is 0 Å². The van der Waals surface area contributed by atoms with E-state index in [-0.39, 0.29) is 16.7 Å². The monoisotopic (exact) mass is 261 g/mol. The Morgan fingerprint density at radius 1 is 1.21 bits per heavy atom. The fourth-order valence-electron chi connectivity index (χ4n) is 3.28. The van der Waals surface area contributed by atoms with Crippen LogP contribution in [-0.2, 0) is 11.2 Å². The second kappa shape index (κ2) is 4.92. The fraction of sp³-hybridized carbons (Fsp3) is 0.647. The van der Waals surface area contributed by atoms with Crippen LogP contribution in [0, 0.1) is 5.41 Å². The highest BCUT2D eigenvalue weighted by Gasteiger charge is 2.67. The van der Waals surface area contributed by atoms with Gasteiger partial charge in [0.25, 0.3) is 0 Å². The highest BCUT2D eigenvalue weighted by Crippen LogP contribution is 2.61. The average Bonchev–Trinajstić information content (AvgIpc) is 2.96. The van der Waals surface area contributed by atoms with Crippen molar-refractivity contribution in [2.24, 2.45) is 5.41 Å². The van der Waals surface area contributed by atoms with Crippen molar-refractivity contribution in [2.75, 3.05) is 7.11 Å². The molecule has 2 nitrogen and oxygen atoms in total. The first-order chi connectivity index (χ1) is 8.86. The van der Waals surface area contributed by atoms with Crippen LogP contribution in [0.5, 0.6) is 0 Å². The van der Waals surface area contributed by atoms with Gasteiger partial charge in [-0.3, -0.25) is 5.32 Å². The van der Waals surface area contributed by atoms with Crippen molar-refractivity contribution < 1.29 is 4.74 Å². The van der Waals surface area contributed by atoms with Crippen LogP contribution in [0.4, 0.5) is 0 Å². The summed E-state index contributed by atoms with van der Waals surface area (Å²) in [5.74, 6) is 0. The summed E-state index contributed by atoms with van der Waals surface area (Å²) in [5.41, 5.74) is 1.55. The zero-order valence-electron chi connectivity index (χ0n) is 12.9. The maximum atomic E-state index is 5.89. The van der Waals surface area contributed by atoms with Crippen LogP contribution in [0.2, 0.25) is 0 Å². The molecule has 1 aliphatic carbocycles. The third-order valence-electron chi connectivity index (χ3n) is 4.31. The molecule has 19 heavy (non-hydrogen) atoms. The van der Waals surface area contributed by atoms with Crippen LogP contribution in [0.1, 0.15) is 46.1 Å². The SMILES string of the molecule is CCC1(Cc2ccccc2)CC1(NC(C)(C)C)OC. The molecule has 0 saturated heterocycles. The molecule has 106 valence electrons. The molecule has 1 fully saturated rings. The third kappa shape index (κ3) is 2.85. The maximum Gasteiger partial charge on any atom is 0.126 e. The topological polar surface area (TPSA) is 21.3 Å². The molecular weight excluding hydrogens is 234 g/mol. The van der Waals surface area contributed by atoms with Gasteiger partial charge in [-0.25, -0.2) is 0 Å². The predicted octanol–water partition coefficient (Wildman–Crippen LogP) is 3.76. The van der Waals surface area contributed by atoms with Crippen LogP contribution in [0.25, 0.3) is 0 Å². The Morgan fingerprint density at radius 2 is 1.84 bits per heavy atom. The van der Waals surface area contributed by atoms with Crippen LogP contribution >= 0.6 is 0 Å². The van der Waals surface area contributed by atoms with E-state index >= 15 is 0 Å². The molecule has 1 N–H and O–H groups in total. The highest BCUT2D eigenvalue weighted by molar-refractivity contribution is 5.25. The van der Waals surface area contributed by atoms with Crippen molar-refractivity contribution in [3.63, 3.8) is 0 Å². The molecule has 2 atom stereocenters. The van der Waals surface area contributed by atoms with Gasteiger partial charge in [0.15, 0.2) is 0 Å². The normalized spacial score (nSPS) is 30.4. The smallest absolute Gasteiger partial charge is 0.126 e. The van der Waals surface area contributed by atoms with Crippen LogP contribution < -0.4 is 5.32 Å². The van der Waals surface area contributed by atoms with Gasteiger partial charge in [0.1, 0.15) is 5.72 Å². The summed E-state index contributed by atoms with van der Waals surface area (Å²) >= 11 is 0. The number of rotatable bonds is 5. The van der Waals surface area contributed by atoms with Gasteiger partial charge in [-0.05, 0) is 39.2 Å². The molecule has 2 unspecified atom stereocenters. The number of benzene rings is 1. The van der Waals surface area contributed by atoms with Gasteiger partial charge < -0.3 is 4.74 Å². The van der Waals surface area contributed by atoms with Crippen molar-refractivity contribution in [1.29, 1.82) is 0 Å². The lowest BCUT2D eigenvalue weighted by molar-refractivity contribution is -0.00829. The molecule has 2 rings (SSSR count). The summed E-state index contributed by atoms with van der Waals surface area (Å²) in [4.78, 5) is 0. The van der Waals surface area contributed by atoms with Gasteiger partial charge in [0, 0.05) is 24.5 Å². The molecule has 0 spiro atoms. The number of hydrogen-bond acceptors (Lipinski definition) is 2. The maximum absolute atomic E-state index is 5.89. The standard InChI is InChI=1S/C17H27NO/c1-6-16(12-14-10-8-7-9-11-14)13-17(16,19-5)18-15(2,3)4/h7-11,18H,6,12-13H2,1-5H3. The van der Waals surface area contributed by atoms with Gasteiger partial charge in [-0.15, -0.1) is 0 Å². The lowest BCUT2D eigenvalue weighted by atomic mass is 9.91. The Hall–Kier alpha value is -0.860. The Morgan fingerprint density at radius 3 is 2.32 bits per heavy atom. The molecule has 0 amide bonds. The van der Waals surface area contributed by atoms with Gasteiger partial charge in [-0.2, -0.15) is 0 Å². The van der Waals surface area contributed by atoms with E-state index in [1.165, 1.54) is 5.56 Å². The van der Waals surface area contributed by atoms with Crippen molar-refractivity contribution in [3.05, 3.63) is 35.9 Å². The zero-order chi connectivity index (χ0) is 14.1. The first-order valence-corrected chi connectivity index (χ1v) is 7.25. The summed E-state index contributed by atoms with van der Waals surface area (Å²) in [6.45, 7) is 8.88. The quantitative estimate of drug-likeness (QED) is 0.815. The molecule has 0 heterocycles. The van der Waals surface area contributed by atoms with Crippen LogP contribution in [-0.4, -0.2) is 18.4 Å². The van der Waals surface area contributed by atoms with E-state index in [9.17, 15) is 0 Å². The van der Waals surface area contributed by atoms with Crippen LogP contribution in [0.3, 0.4) is 0 Å². The van der Waals surface area contributed by atoms with E-state index in [4.69, 9.17) is 4.74 Å². The number of hydrogen-bond donors (Lipinski definition) is 1. The number of ether oxygens (including phenoxy) is 1. The second-order valence-electron chi connectivity index (χ2n) is 6.88. The summed E-state index contributed by atoms with van der Waals surface area (Å²) in [6, 6.07) is 10.7. The van der Waals surface area contributed by atoms with Gasteiger partial charge in [0.2, 0.25) is 0 Å². The molecule has 0 radical (unpaired) electrons. The Kier molecular flexibility index (Phi) is 3.76. The summed E-state index contributed by atoms with van der Waals surface area (Å²) < 4.78 is 5.89. The molecule has 1 saturated carbocycles. The Balaban J connectivity index is 2.17. The lowest BCUT2D eigenvalue weighted by Crippen LogP contribution is -2.50. The fourth-order valence-corrected chi connectivity index (χ4v) is 3.28. The molecule has 1 aliphatic rings. The van der Waals surface area contributed by atoms with Crippen molar-refractivity contribution >= 4 is 0 Å².